The van der Waals surface area contributed by atoms with Crippen molar-refractivity contribution < 1.29 is 9.53 Å². The average Bonchev–Trinajstić information content (AvgIpc) is 2.92. The molecule has 2 aromatic rings. The highest BCUT2D eigenvalue weighted by Gasteiger charge is 2.20. The Kier molecular flexibility index (Phi) is 5.51. The summed E-state index contributed by atoms with van der Waals surface area (Å²) in [6.07, 6.45) is 0. The number of nitrogens with one attached hydrogen (secondary N) is 1. The highest BCUT2D eigenvalue weighted by molar-refractivity contribution is 7.09. The van der Waals surface area contributed by atoms with E-state index in [2.05, 4.69) is 10.3 Å². The Morgan fingerprint density at radius 2 is 2.18 bits per heavy atom. The Balaban J connectivity index is 1.99. The van der Waals surface area contributed by atoms with Crippen LogP contribution >= 0.6 is 11.3 Å². The van der Waals surface area contributed by atoms with Crippen LogP contribution in [-0.2, 0) is 11.3 Å². The molecule has 0 saturated heterocycles. The maximum absolute atomic E-state index is 12.4. The van der Waals surface area contributed by atoms with Crippen molar-refractivity contribution in [3.63, 3.8) is 0 Å². The van der Waals surface area contributed by atoms with Crippen LogP contribution in [0, 0.1) is 6.92 Å². The zero-order valence-electron chi connectivity index (χ0n) is 13.3. The molecule has 0 saturated carbocycles. The van der Waals surface area contributed by atoms with Gasteiger partial charge < -0.3 is 10.1 Å². The van der Waals surface area contributed by atoms with E-state index < -0.39 is 0 Å². The molecule has 0 aliphatic carbocycles. The number of aromatic nitrogens is 1. The van der Waals surface area contributed by atoms with Gasteiger partial charge in [-0.05, 0) is 33.0 Å². The van der Waals surface area contributed by atoms with Crippen LogP contribution < -0.4 is 10.1 Å². The van der Waals surface area contributed by atoms with Crippen molar-refractivity contribution in [1.82, 2.24) is 9.88 Å². The standard InChI is InChI=1S/C16H21N3O2S/c1-11(19(3)9-13-10-22-12(2)17-13)16(20)18-14-7-5-6-8-15(14)21-4/h5-8,10-11H,9H2,1-4H3,(H,18,20). The number of thiazole rings is 1. The first-order valence-electron chi connectivity index (χ1n) is 7.06. The van der Waals surface area contributed by atoms with Gasteiger partial charge in [-0.2, -0.15) is 0 Å². The van der Waals surface area contributed by atoms with E-state index in [1.165, 1.54) is 0 Å². The zero-order valence-corrected chi connectivity index (χ0v) is 14.1. The summed E-state index contributed by atoms with van der Waals surface area (Å²) in [5.74, 6) is 0.583. The average molecular weight is 319 g/mol. The van der Waals surface area contributed by atoms with Gasteiger partial charge in [0.15, 0.2) is 0 Å². The molecule has 22 heavy (non-hydrogen) atoms. The number of hydrogen-bond acceptors (Lipinski definition) is 5. The molecular weight excluding hydrogens is 298 g/mol. The molecule has 1 aromatic carbocycles. The van der Waals surface area contributed by atoms with E-state index in [1.54, 1.807) is 18.4 Å². The molecule has 1 atom stereocenters. The van der Waals surface area contributed by atoms with Crippen molar-refractivity contribution in [1.29, 1.82) is 0 Å². The normalized spacial score (nSPS) is 12.2. The van der Waals surface area contributed by atoms with Crippen LogP contribution in [0.25, 0.3) is 0 Å². The van der Waals surface area contributed by atoms with E-state index in [9.17, 15) is 4.79 Å². The van der Waals surface area contributed by atoms with Gasteiger partial charge in [-0.15, -0.1) is 11.3 Å². The van der Waals surface area contributed by atoms with Crippen molar-refractivity contribution in [2.45, 2.75) is 26.4 Å². The number of rotatable bonds is 6. The number of anilines is 1. The largest absolute Gasteiger partial charge is 0.495 e. The number of carbonyl (C=O) groups excluding carboxylic acids is 1. The molecule has 0 spiro atoms. The molecule has 1 heterocycles. The lowest BCUT2D eigenvalue weighted by Gasteiger charge is -2.23. The van der Waals surface area contributed by atoms with Gasteiger partial charge in [-0.25, -0.2) is 4.98 Å². The Morgan fingerprint density at radius 3 is 2.82 bits per heavy atom. The van der Waals surface area contributed by atoms with Gasteiger partial charge in [0.2, 0.25) is 5.91 Å². The second-order valence-electron chi connectivity index (χ2n) is 5.14. The number of carbonyl (C=O) groups is 1. The first-order chi connectivity index (χ1) is 10.5. The van der Waals surface area contributed by atoms with Crippen molar-refractivity contribution in [2.75, 3.05) is 19.5 Å². The summed E-state index contributed by atoms with van der Waals surface area (Å²) in [4.78, 5) is 18.8. The lowest BCUT2D eigenvalue weighted by Crippen LogP contribution is -2.39. The van der Waals surface area contributed by atoms with Crippen LogP contribution in [0.4, 0.5) is 5.69 Å². The number of amides is 1. The number of hydrogen-bond donors (Lipinski definition) is 1. The van der Waals surface area contributed by atoms with Gasteiger partial charge in [0.05, 0.1) is 29.5 Å². The third kappa shape index (κ3) is 4.05. The van der Waals surface area contributed by atoms with Gasteiger partial charge in [-0.1, -0.05) is 12.1 Å². The predicted molar refractivity (Wildman–Crippen MR) is 89.4 cm³/mol. The molecule has 0 aliphatic heterocycles. The number of aryl methyl sites for hydroxylation is 1. The van der Waals surface area contributed by atoms with E-state index >= 15 is 0 Å². The Hall–Kier alpha value is -1.92. The molecule has 1 N–H and O–H groups in total. The molecular formula is C16H21N3O2S. The number of para-hydroxylation sites is 2. The fraction of sp³-hybridized carbons (Fsp3) is 0.375. The summed E-state index contributed by atoms with van der Waals surface area (Å²) in [7, 11) is 3.51. The first kappa shape index (κ1) is 16.5. The van der Waals surface area contributed by atoms with Crippen LogP contribution in [0.1, 0.15) is 17.6 Å². The third-order valence-corrected chi connectivity index (χ3v) is 4.31. The number of benzene rings is 1. The lowest BCUT2D eigenvalue weighted by atomic mass is 10.2. The van der Waals surface area contributed by atoms with Gasteiger partial charge >= 0.3 is 0 Å². The fourth-order valence-electron chi connectivity index (χ4n) is 2.06. The van der Waals surface area contributed by atoms with E-state index in [1.807, 2.05) is 55.4 Å². The fourth-order valence-corrected chi connectivity index (χ4v) is 2.66. The van der Waals surface area contributed by atoms with E-state index in [-0.39, 0.29) is 11.9 Å². The molecule has 1 amide bonds. The second-order valence-corrected chi connectivity index (χ2v) is 6.20. The molecule has 118 valence electrons. The Labute approximate surface area is 134 Å². The Bertz CT molecular complexity index is 642. The summed E-state index contributed by atoms with van der Waals surface area (Å²) in [5, 5.41) is 5.97. The summed E-state index contributed by atoms with van der Waals surface area (Å²) in [5.41, 5.74) is 1.67. The number of likely N-dealkylation sites (N-methyl/N-ethyl adjacent to an activating group) is 1. The summed E-state index contributed by atoms with van der Waals surface area (Å²) >= 11 is 1.62. The second kappa shape index (κ2) is 7.38. The van der Waals surface area contributed by atoms with Crippen molar-refractivity contribution in [3.05, 3.63) is 40.3 Å². The third-order valence-electron chi connectivity index (χ3n) is 3.48. The minimum absolute atomic E-state index is 0.0704. The Morgan fingerprint density at radius 1 is 1.45 bits per heavy atom. The summed E-state index contributed by atoms with van der Waals surface area (Å²) < 4.78 is 5.25. The van der Waals surface area contributed by atoms with Gasteiger partial charge in [0.1, 0.15) is 5.75 Å². The molecule has 0 fully saturated rings. The maximum atomic E-state index is 12.4. The highest BCUT2D eigenvalue weighted by atomic mass is 32.1. The van der Waals surface area contributed by atoms with Crippen LogP contribution in [0.5, 0.6) is 5.75 Å². The van der Waals surface area contributed by atoms with Crippen LogP contribution in [0.15, 0.2) is 29.6 Å². The van der Waals surface area contributed by atoms with Gasteiger partial charge in [0, 0.05) is 11.9 Å². The van der Waals surface area contributed by atoms with Crippen LogP contribution in [-0.4, -0.2) is 36.0 Å². The van der Waals surface area contributed by atoms with E-state index in [4.69, 9.17) is 4.74 Å². The number of nitrogens with zero attached hydrogens (tertiary/aromatic N) is 2. The number of ether oxygens (including phenoxy) is 1. The SMILES string of the molecule is COc1ccccc1NC(=O)C(C)N(C)Cc1csc(C)n1. The van der Waals surface area contributed by atoms with Crippen molar-refractivity contribution in [2.24, 2.45) is 0 Å². The quantitative estimate of drug-likeness (QED) is 0.889. The summed E-state index contributed by atoms with van der Waals surface area (Å²) in [6.45, 7) is 4.50. The molecule has 2 rings (SSSR count). The molecule has 6 heteroatoms. The molecule has 1 aromatic heterocycles. The van der Waals surface area contributed by atoms with Crippen molar-refractivity contribution >= 4 is 22.9 Å². The van der Waals surface area contributed by atoms with Crippen LogP contribution in [0.2, 0.25) is 0 Å². The molecule has 1 unspecified atom stereocenters. The van der Waals surface area contributed by atoms with E-state index in [0.29, 0.717) is 18.0 Å². The van der Waals surface area contributed by atoms with Crippen molar-refractivity contribution in [3.8, 4) is 5.75 Å². The van der Waals surface area contributed by atoms with Gasteiger partial charge in [0.25, 0.3) is 0 Å². The zero-order chi connectivity index (χ0) is 16.1. The van der Waals surface area contributed by atoms with Crippen LogP contribution in [0.3, 0.4) is 0 Å². The highest BCUT2D eigenvalue weighted by Crippen LogP contribution is 2.23. The molecule has 0 aliphatic rings. The monoisotopic (exact) mass is 319 g/mol. The first-order valence-corrected chi connectivity index (χ1v) is 7.94. The van der Waals surface area contributed by atoms with E-state index in [0.717, 1.165) is 10.7 Å². The lowest BCUT2D eigenvalue weighted by molar-refractivity contribution is -0.120. The maximum Gasteiger partial charge on any atom is 0.241 e. The minimum Gasteiger partial charge on any atom is -0.495 e. The number of methoxy groups -OCH3 is 1. The minimum atomic E-state index is -0.271. The van der Waals surface area contributed by atoms with Gasteiger partial charge in [-0.3, -0.25) is 9.69 Å². The smallest absolute Gasteiger partial charge is 0.241 e. The summed E-state index contributed by atoms with van der Waals surface area (Å²) in [6, 6.07) is 7.11. The topological polar surface area (TPSA) is 54.5 Å². The predicted octanol–water partition coefficient (Wildman–Crippen LogP) is 2.92. The molecule has 0 radical (unpaired) electrons. The molecule has 0 bridgehead atoms. The molecule has 5 nitrogen and oxygen atoms in total.